The molecule has 2 amide bonds. The lowest BCUT2D eigenvalue weighted by atomic mass is 9.91. The van der Waals surface area contributed by atoms with Crippen LogP contribution in [0.1, 0.15) is 44.6 Å². The standard InChI is InChI=1S/C20H24FN3O3/c1-20(11-17(23-27-20)15-6-2-3-7-16(15)21)19(26)24-10-4-5-13(12-24)18(25)22-14-8-9-14/h2-3,6-7,13-14H,4-5,8-12H2,1H3,(H,22,25)/t13-,20+/m0/s1. The van der Waals surface area contributed by atoms with E-state index in [1.54, 1.807) is 30.0 Å². The highest BCUT2D eigenvalue weighted by molar-refractivity contribution is 6.05. The van der Waals surface area contributed by atoms with Crippen LogP contribution in [-0.2, 0) is 14.4 Å². The van der Waals surface area contributed by atoms with Crippen LogP contribution < -0.4 is 5.32 Å². The Labute approximate surface area is 157 Å². The minimum Gasteiger partial charge on any atom is -0.379 e. The van der Waals surface area contributed by atoms with Gasteiger partial charge in [-0.2, -0.15) is 0 Å². The van der Waals surface area contributed by atoms with Gasteiger partial charge in [0.2, 0.25) is 11.5 Å². The van der Waals surface area contributed by atoms with Crippen molar-refractivity contribution in [3.63, 3.8) is 0 Å². The molecule has 0 aromatic heterocycles. The molecule has 3 aliphatic rings. The minimum absolute atomic E-state index is 0.0378. The molecule has 0 spiro atoms. The van der Waals surface area contributed by atoms with Gasteiger partial charge in [-0.1, -0.05) is 23.4 Å². The van der Waals surface area contributed by atoms with E-state index in [2.05, 4.69) is 10.5 Å². The molecule has 1 aliphatic carbocycles. The number of oxime groups is 1. The van der Waals surface area contributed by atoms with E-state index in [1.807, 2.05) is 0 Å². The number of carbonyl (C=O) groups excluding carboxylic acids is 2. The van der Waals surface area contributed by atoms with Crippen molar-refractivity contribution in [1.82, 2.24) is 10.2 Å². The van der Waals surface area contributed by atoms with Crippen LogP contribution in [0, 0.1) is 11.7 Å². The van der Waals surface area contributed by atoms with Crippen molar-refractivity contribution in [2.75, 3.05) is 13.1 Å². The van der Waals surface area contributed by atoms with Crippen molar-refractivity contribution in [3.8, 4) is 0 Å². The Balaban J connectivity index is 1.41. The molecule has 1 saturated heterocycles. The van der Waals surface area contributed by atoms with E-state index in [4.69, 9.17) is 4.84 Å². The van der Waals surface area contributed by atoms with Gasteiger partial charge in [0.25, 0.3) is 5.91 Å². The topological polar surface area (TPSA) is 71.0 Å². The van der Waals surface area contributed by atoms with Gasteiger partial charge in [0, 0.05) is 31.1 Å². The molecular formula is C20H24FN3O3. The van der Waals surface area contributed by atoms with E-state index in [-0.39, 0.29) is 30.0 Å². The first-order chi connectivity index (χ1) is 13.0. The third-order valence-corrected chi connectivity index (χ3v) is 5.50. The third kappa shape index (κ3) is 3.68. The zero-order valence-corrected chi connectivity index (χ0v) is 15.4. The number of likely N-dealkylation sites (tertiary alicyclic amines) is 1. The van der Waals surface area contributed by atoms with Crippen LogP contribution in [0.25, 0.3) is 0 Å². The molecule has 1 saturated carbocycles. The minimum atomic E-state index is -1.16. The summed E-state index contributed by atoms with van der Waals surface area (Å²) in [5.74, 6) is -0.719. The Morgan fingerprint density at radius 2 is 2.07 bits per heavy atom. The fourth-order valence-electron chi connectivity index (χ4n) is 3.75. The maximum Gasteiger partial charge on any atom is 0.269 e. The van der Waals surface area contributed by atoms with Crippen LogP contribution in [0.4, 0.5) is 4.39 Å². The van der Waals surface area contributed by atoms with E-state index >= 15 is 0 Å². The number of nitrogens with one attached hydrogen (secondary N) is 1. The number of piperidine rings is 1. The van der Waals surface area contributed by atoms with Gasteiger partial charge in [-0.25, -0.2) is 4.39 Å². The molecule has 1 aromatic rings. The van der Waals surface area contributed by atoms with Gasteiger partial charge in [-0.05, 0) is 38.7 Å². The number of rotatable bonds is 4. The summed E-state index contributed by atoms with van der Waals surface area (Å²) >= 11 is 0. The highest BCUT2D eigenvalue weighted by Crippen LogP contribution is 2.31. The number of benzene rings is 1. The van der Waals surface area contributed by atoms with E-state index in [1.165, 1.54) is 6.07 Å². The molecule has 144 valence electrons. The molecule has 0 unspecified atom stereocenters. The fourth-order valence-corrected chi connectivity index (χ4v) is 3.75. The van der Waals surface area contributed by atoms with Crippen LogP contribution in [-0.4, -0.2) is 47.2 Å². The summed E-state index contributed by atoms with van der Waals surface area (Å²) in [5.41, 5.74) is -0.370. The lowest BCUT2D eigenvalue weighted by Gasteiger charge is -2.35. The zero-order valence-electron chi connectivity index (χ0n) is 15.4. The summed E-state index contributed by atoms with van der Waals surface area (Å²) in [5, 5.41) is 7.01. The average Bonchev–Trinajstić information content (AvgIpc) is 3.40. The summed E-state index contributed by atoms with van der Waals surface area (Å²) < 4.78 is 14.0. The fraction of sp³-hybridized carbons (Fsp3) is 0.550. The number of halogens is 1. The first-order valence-corrected chi connectivity index (χ1v) is 9.56. The second-order valence-electron chi connectivity index (χ2n) is 7.89. The van der Waals surface area contributed by atoms with E-state index in [0.717, 1.165) is 25.7 Å². The van der Waals surface area contributed by atoms with Crippen LogP contribution in [0.3, 0.4) is 0 Å². The number of hydrogen-bond donors (Lipinski definition) is 1. The maximum atomic E-state index is 14.0. The molecule has 27 heavy (non-hydrogen) atoms. The number of amides is 2. The Morgan fingerprint density at radius 1 is 1.30 bits per heavy atom. The lowest BCUT2D eigenvalue weighted by molar-refractivity contribution is -0.155. The highest BCUT2D eigenvalue weighted by atomic mass is 19.1. The van der Waals surface area contributed by atoms with Crippen LogP contribution in [0.2, 0.25) is 0 Å². The average molecular weight is 373 g/mol. The quantitative estimate of drug-likeness (QED) is 0.880. The van der Waals surface area contributed by atoms with Gasteiger partial charge in [-0.15, -0.1) is 0 Å². The summed E-state index contributed by atoms with van der Waals surface area (Å²) in [4.78, 5) is 32.6. The lowest BCUT2D eigenvalue weighted by Crippen LogP contribution is -2.53. The molecule has 0 radical (unpaired) electrons. The van der Waals surface area contributed by atoms with Crippen LogP contribution in [0.5, 0.6) is 0 Å². The highest BCUT2D eigenvalue weighted by Gasteiger charge is 2.46. The summed E-state index contributed by atoms with van der Waals surface area (Å²) in [7, 11) is 0. The van der Waals surface area contributed by atoms with Gasteiger partial charge in [0.15, 0.2) is 0 Å². The number of carbonyl (C=O) groups is 2. The summed E-state index contributed by atoms with van der Waals surface area (Å²) in [6.07, 6.45) is 3.87. The molecule has 2 heterocycles. The first-order valence-electron chi connectivity index (χ1n) is 9.56. The van der Waals surface area contributed by atoms with Gasteiger partial charge in [-0.3, -0.25) is 9.59 Å². The molecule has 2 fully saturated rings. The molecule has 1 N–H and O–H groups in total. The van der Waals surface area contributed by atoms with Crippen molar-refractivity contribution < 1.29 is 18.8 Å². The van der Waals surface area contributed by atoms with Crippen molar-refractivity contribution in [2.45, 2.75) is 50.7 Å². The second-order valence-corrected chi connectivity index (χ2v) is 7.89. The van der Waals surface area contributed by atoms with Crippen LogP contribution in [0.15, 0.2) is 29.4 Å². The maximum absolute atomic E-state index is 14.0. The van der Waals surface area contributed by atoms with Crippen molar-refractivity contribution in [1.29, 1.82) is 0 Å². The predicted octanol–water partition coefficient (Wildman–Crippen LogP) is 2.23. The number of hydrogen-bond acceptors (Lipinski definition) is 4. The van der Waals surface area contributed by atoms with Gasteiger partial charge in [0.05, 0.1) is 11.6 Å². The molecule has 6 nitrogen and oxygen atoms in total. The Morgan fingerprint density at radius 3 is 2.81 bits per heavy atom. The van der Waals surface area contributed by atoms with Gasteiger partial charge < -0.3 is 15.1 Å². The molecule has 2 atom stereocenters. The van der Waals surface area contributed by atoms with Gasteiger partial charge in [0.1, 0.15) is 5.82 Å². The summed E-state index contributed by atoms with van der Waals surface area (Å²) in [6, 6.07) is 6.65. The zero-order chi connectivity index (χ0) is 19.0. The van der Waals surface area contributed by atoms with E-state index in [9.17, 15) is 14.0 Å². The number of nitrogens with zero attached hydrogens (tertiary/aromatic N) is 2. The third-order valence-electron chi connectivity index (χ3n) is 5.50. The molecule has 0 bridgehead atoms. The molecular weight excluding hydrogens is 349 g/mol. The monoisotopic (exact) mass is 373 g/mol. The largest absolute Gasteiger partial charge is 0.379 e. The molecule has 7 heteroatoms. The Hall–Kier alpha value is -2.44. The Bertz CT molecular complexity index is 792. The van der Waals surface area contributed by atoms with E-state index < -0.39 is 5.60 Å². The molecule has 2 aliphatic heterocycles. The van der Waals surface area contributed by atoms with Crippen molar-refractivity contribution in [3.05, 3.63) is 35.6 Å². The predicted molar refractivity (Wildman–Crippen MR) is 97.5 cm³/mol. The van der Waals surface area contributed by atoms with Crippen LogP contribution >= 0.6 is 0 Å². The van der Waals surface area contributed by atoms with E-state index in [0.29, 0.717) is 30.4 Å². The molecule has 4 rings (SSSR count). The SMILES string of the molecule is C[C@]1(C(=O)N2CCC[C@H](C(=O)NC3CC3)C2)CC(c2ccccc2F)=NO1. The molecule has 1 aromatic carbocycles. The second kappa shape index (κ2) is 6.94. The Kier molecular flexibility index (Phi) is 4.61. The van der Waals surface area contributed by atoms with Crippen molar-refractivity contribution in [2.24, 2.45) is 11.1 Å². The first kappa shape index (κ1) is 17.9. The summed E-state index contributed by atoms with van der Waals surface area (Å²) in [6.45, 7) is 2.67. The van der Waals surface area contributed by atoms with Gasteiger partial charge >= 0.3 is 0 Å². The smallest absolute Gasteiger partial charge is 0.269 e. The normalized spacial score (nSPS) is 27.7. The van der Waals surface area contributed by atoms with Crippen molar-refractivity contribution >= 4 is 17.5 Å².